The van der Waals surface area contributed by atoms with Crippen LogP contribution in [-0.4, -0.2) is 65.0 Å². The Hall–Kier alpha value is -1.79. The number of amides is 3. The summed E-state index contributed by atoms with van der Waals surface area (Å²) in [7, 11) is 0. The van der Waals surface area contributed by atoms with E-state index in [0.717, 1.165) is 32.4 Å². The summed E-state index contributed by atoms with van der Waals surface area (Å²) in [5.74, 6) is -1.38. The number of rotatable bonds is 5. The maximum absolute atomic E-state index is 12.5. The first kappa shape index (κ1) is 18.5. The van der Waals surface area contributed by atoms with Gasteiger partial charge in [0.25, 0.3) is 0 Å². The molecule has 2 saturated heterocycles. The van der Waals surface area contributed by atoms with Crippen LogP contribution in [0, 0.1) is 11.8 Å². The fourth-order valence-electron chi connectivity index (χ4n) is 3.46. The number of piperidine rings is 1. The lowest BCUT2D eigenvalue weighted by molar-refractivity contribution is -0.143. The van der Waals surface area contributed by atoms with Gasteiger partial charge in [0.1, 0.15) is 6.04 Å². The highest BCUT2D eigenvalue weighted by Crippen LogP contribution is 2.20. The summed E-state index contributed by atoms with van der Waals surface area (Å²) in [5.41, 5.74) is 0. The van der Waals surface area contributed by atoms with E-state index < -0.39 is 12.0 Å². The van der Waals surface area contributed by atoms with Crippen molar-refractivity contribution in [3.8, 4) is 0 Å². The first-order chi connectivity index (χ1) is 11.4. The van der Waals surface area contributed by atoms with Gasteiger partial charge in [0.2, 0.25) is 5.91 Å². The Kier molecular flexibility index (Phi) is 6.45. The van der Waals surface area contributed by atoms with Crippen LogP contribution in [-0.2, 0) is 9.59 Å². The number of aliphatic carboxylic acids is 1. The van der Waals surface area contributed by atoms with Gasteiger partial charge in [-0.15, -0.1) is 0 Å². The van der Waals surface area contributed by atoms with Gasteiger partial charge in [-0.05, 0) is 38.0 Å². The molecule has 2 fully saturated rings. The summed E-state index contributed by atoms with van der Waals surface area (Å²) >= 11 is 0. The third-order valence-corrected chi connectivity index (χ3v) is 4.76. The number of carboxylic acids is 1. The zero-order valence-electron chi connectivity index (χ0n) is 14.7. The van der Waals surface area contributed by atoms with Gasteiger partial charge in [-0.1, -0.05) is 13.8 Å². The first-order valence-corrected chi connectivity index (χ1v) is 8.95. The Morgan fingerprint density at radius 2 is 1.71 bits per heavy atom. The average Bonchev–Trinajstić information content (AvgIpc) is 3.07. The summed E-state index contributed by atoms with van der Waals surface area (Å²) in [5, 5.41) is 11.9. The van der Waals surface area contributed by atoms with Crippen LogP contribution in [0.15, 0.2) is 0 Å². The SMILES string of the molecule is CC(C)CC(NC(=O)C1CCCN(C(=O)N2CCCC2)C1)C(=O)O. The van der Waals surface area contributed by atoms with Crippen molar-refractivity contribution in [3.63, 3.8) is 0 Å². The monoisotopic (exact) mass is 339 g/mol. The number of nitrogens with zero attached hydrogens (tertiary/aromatic N) is 2. The highest BCUT2D eigenvalue weighted by Gasteiger charge is 2.33. The molecule has 2 unspecified atom stereocenters. The Morgan fingerprint density at radius 3 is 2.29 bits per heavy atom. The molecule has 2 aliphatic rings. The molecule has 0 spiro atoms. The minimum absolute atomic E-state index is 0.0157. The molecule has 0 aromatic carbocycles. The number of likely N-dealkylation sites (tertiary alicyclic amines) is 2. The largest absolute Gasteiger partial charge is 0.480 e. The molecule has 0 aromatic rings. The molecule has 24 heavy (non-hydrogen) atoms. The van der Waals surface area contributed by atoms with Crippen molar-refractivity contribution in [2.75, 3.05) is 26.2 Å². The summed E-state index contributed by atoms with van der Waals surface area (Å²) in [6, 6.07) is -0.843. The highest BCUT2D eigenvalue weighted by atomic mass is 16.4. The van der Waals surface area contributed by atoms with E-state index in [1.54, 1.807) is 4.90 Å². The second kappa shape index (κ2) is 8.35. The van der Waals surface area contributed by atoms with Gasteiger partial charge >= 0.3 is 12.0 Å². The van der Waals surface area contributed by atoms with Crippen LogP contribution < -0.4 is 5.32 Å². The Morgan fingerprint density at radius 1 is 1.08 bits per heavy atom. The number of carbonyl (C=O) groups excluding carboxylic acids is 2. The third-order valence-electron chi connectivity index (χ3n) is 4.76. The van der Waals surface area contributed by atoms with E-state index in [2.05, 4.69) is 5.32 Å². The number of hydrogen-bond donors (Lipinski definition) is 2. The number of carboxylic acid groups (broad SMARTS) is 1. The van der Waals surface area contributed by atoms with E-state index in [1.165, 1.54) is 0 Å². The van der Waals surface area contributed by atoms with E-state index in [4.69, 9.17) is 0 Å². The van der Waals surface area contributed by atoms with Crippen LogP contribution in [0.1, 0.15) is 46.0 Å². The van der Waals surface area contributed by atoms with Crippen LogP contribution in [0.25, 0.3) is 0 Å². The van der Waals surface area contributed by atoms with Crippen molar-refractivity contribution in [2.24, 2.45) is 11.8 Å². The fourth-order valence-corrected chi connectivity index (χ4v) is 3.46. The third kappa shape index (κ3) is 4.85. The van der Waals surface area contributed by atoms with Crippen LogP contribution in [0.5, 0.6) is 0 Å². The smallest absolute Gasteiger partial charge is 0.326 e. The van der Waals surface area contributed by atoms with Gasteiger partial charge in [0, 0.05) is 26.2 Å². The Labute approximate surface area is 143 Å². The Balaban J connectivity index is 1.91. The second-order valence-corrected chi connectivity index (χ2v) is 7.29. The average molecular weight is 339 g/mol. The van der Waals surface area contributed by atoms with Crippen LogP contribution in [0.2, 0.25) is 0 Å². The van der Waals surface area contributed by atoms with Gasteiger partial charge in [-0.2, -0.15) is 0 Å². The van der Waals surface area contributed by atoms with Crippen molar-refractivity contribution in [2.45, 2.75) is 52.0 Å². The van der Waals surface area contributed by atoms with E-state index in [9.17, 15) is 19.5 Å². The van der Waals surface area contributed by atoms with Gasteiger partial charge in [-0.3, -0.25) is 4.79 Å². The van der Waals surface area contributed by atoms with Crippen molar-refractivity contribution in [1.82, 2.24) is 15.1 Å². The molecule has 7 heteroatoms. The molecule has 0 bridgehead atoms. The number of nitrogens with one attached hydrogen (secondary N) is 1. The molecule has 2 rings (SSSR count). The predicted octanol–water partition coefficient (Wildman–Crippen LogP) is 1.53. The topological polar surface area (TPSA) is 90.0 Å². The summed E-state index contributed by atoms with van der Waals surface area (Å²) in [6.07, 6.45) is 3.96. The lowest BCUT2D eigenvalue weighted by Crippen LogP contribution is -2.51. The molecule has 2 aliphatic heterocycles. The second-order valence-electron chi connectivity index (χ2n) is 7.29. The molecule has 7 nitrogen and oxygen atoms in total. The number of carbonyl (C=O) groups is 3. The summed E-state index contributed by atoms with van der Waals surface area (Å²) in [6.45, 7) is 6.50. The fraction of sp³-hybridized carbons (Fsp3) is 0.824. The standard InChI is InChI=1S/C17H29N3O4/c1-12(2)10-14(16(22)23)18-15(21)13-6-5-9-20(11-13)17(24)19-7-3-4-8-19/h12-14H,3-11H2,1-2H3,(H,18,21)(H,22,23). The van der Waals surface area contributed by atoms with E-state index >= 15 is 0 Å². The zero-order chi connectivity index (χ0) is 17.7. The van der Waals surface area contributed by atoms with Crippen LogP contribution >= 0.6 is 0 Å². The maximum Gasteiger partial charge on any atom is 0.326 e. The Bertz CT molecular complexity index is 474. The maximum atomic E-state index is 12.5. The van der Waals surface area contributed by atoms with Gasteiger partial charge < -0.3 is 20.2 Å². The van der Waals surface area contributed by atoms with E-state index in [-0.39, 0.29) is 23.8 Å². The molecular weight excluding hydrogens is 310 g/mol. The van der Waals surface area contributed by atoms with Gasteiger partial charge in [-0.25, -0.2) is 9.59 Å². The summed E-state index contributed by atoms with van der Waals surface area (Å²) in [4.78, 5) is 39.8. The molecule has 0 radical (unpaired) electrons. The molecule has 136 valence electrons. The molecule has 2 atom stereocenters. The molecule has 3 amide bonds. The van der Waals surface area contributed by atoms with Crippen molar-refractivity contribution < 1.29 is 19.5 Å². The van der Waals surface area contributed by atoms with E-state index in [0.29, 0.717) is 25.9 Å². The lowest BCUT2D eigenvalue weighted by atomic mass is 9.96. The van der Waals surface area contributed by atoms with Gasteiger partial charge in [0.15, 0.2) is 0 Å². The van der Waals surface area contributed by atoms with Crippen molar-refractivity contribution in [3.05, 3.63) is 0 Å². The minimum Gasteiger partial charge on any atom is -0.480 e. The predicted molar refractivity (Wildman–Crippen MR) is 89.5 cm³/mol. The van der Waals surface area contributed by atoms with Crippen molar-refractivity contribution in [1.29, 1.82) is 0 Å². The van der Waals surface area contributed by atoms with Crippen molar-refractivity contribution >= 4 is 17.9 Å². The van der Waals surface area contributed by atoms with Crippen LogP contribution in [0.4, 0.5) is 4.79 Å². The molecule has 2 heterocycles. The van der Waals surface area contributed by atoms with Gasteiger partial charge in [0.05, 0.1) is 5.92 Å². The normalized spacial score (nSPS) is 22.5. The molecule has 2 N–H and O–H groups in total. The molecule has 0 saturated carbocycles. The zero-order valence-corrected chi connectivity index (χ0v) is 14.7. The molecular formula is C17H29N3O4. The lowest BCUT2D eigenvalue weighted by Gasteiger charge is -2.35. The number of hydrogen-bond acceptors (Lipinski definition) is 3. The quantitative estimate of drug-likeness (QED) is 0.795. The molecule has 0 aliphatic carbocycles. The number of urea groups is 1. The molecule has 0 aromatic heterocycles. The summed E-state index contributed by atoms with van der Waals surface area (Å²) < 4.78 is 0. The van der Waals surface area contributed by atoms with Crippen LogP contribution in [0.3, 0.4) is 0 Å². The minimum atomic E-state index is -1.00. The highest BCUT2D eigenvalue weighted by molar-refractivity contribution is 5.85. The van der Waals surface area contributed by atoms with E-state index in [1.807, 2.05) is 18.7 Å². The first-order valence-electron chi connectivity index (χ1n) is 8.95.